The van der Waals surface area contributed by atoms with E-state index in [1.165, 1.54) is 17.0 Å². The Kier molecular flexibility index (Phi) is 11.6. The summed E-state index contributed by atoms with van der Waals surface area (Å²) >= 11 is 6.53. The zero-order valence-corrected chi connectivity index (χ0v) is 27.2. The van der Waals surface area contributed by atoms with Crippen LogP contribution in [0.4, 0.5) is 5.69 Å². The highest BCUT2D eigenvalue weighted by Gasteiger charge is 2.35. The van der Waals surface area contributed by atoms with E-state index in [0.717, 1.165) is 21.0 Å². The standard InChI is InChI=1S/C35H38ClN3O5S/c1-4-21-37-35(41)33(23-27-11-6-5-7-12-27)38(24-28-13-10-14-29(22-28)44-3)34(40)25-39(32-16-9-8-15-31(32)36)45(42,43)30-19-17-26(2)18-20-30/h5-20,22,33H,4,21,23-25H2,1-3H3,(H,37,41)/t33-/m1/s1. The van der Waals surface area contributed by atoms with Crippen LogP contribution in [0.25, 0.3) is 0 Å². The Morgan fingerprint density at radius 2 is 1.56 bits per heavy atom. The number of nitrogens with one attached hydrogen (secondary N) is 1. The van der Waals surface area contributed by atoms with Gasteiger partial charge in [0, 0.05) is 19.5 Å². The van der Waals surface area contributed by atoms with Crippen molar-refractivity contribution in [3.8, 4) is 5.75 Å². The summed E-state index contributed by atoms with van der Waals surface area (Å²) in [5.74, 6) is -0.307. The van der Waals surface area contributed by atoms with Crippen LogP contribution < -0.4 is 14.4 Å². The van der Waals surface area contributed by atoms with Crippen LogP contribution in [0.15, 0.2) is 108 Å². The highest BCUT2D eigenvalue weighted by molar-refractivity contribution is 7.92. The Morgan fingerprint density at radius 3 is 2.22 bits per heavy atom. The van der Waals surface area contributed by atoms with Crippen LogP contribution in [0.2, 0.25) is 5.02 Å². The van der Waals surface area contributed by atoms with Gasteiger partial charge >= 0.3 is 0 Å². The molecule has 1 N–H and O–H groups in total. The predicted octanol–water partition coefficient (Wildman–Crippen LogP) is 6.02. The molecular formula is C35H38ClN3O5S. The van der Waals surface area contributed by atoms with Gasteiger partial charge in [-0.1, -0.05) is 90.8 Å². The molecule has 1 atom stereocenters. The molecule has 10 heteroatoms. The molecule has 0 radical (unpaired) electrons. The van der Waals surface area contributed by atoms with E-state index in [1.807, 2.05) is 50.2 Å². The molecule has 2 amide bonds. The monoisotopic (exact) mass is 647 g/mol. The van der Waals surface area contributed by atoms with E-state index in [-0.39, 0.29) is 34.5 Å². The van der Waals surface area contributed by atoms with Crippen molar-refractivity contribution >= 4 is 39.1 Å². The van der Waals surface area contributed by atoms with E-state index in [0.29, 0.717) is 18.7 Å². The topological polar surface area (TPSA) is 96.0 Å². The summed E-state index contributed by atoms with van der Waals surface area (Å²) < 4.78 is 34.7. The van der Waals surface area contributed by atoms with Gasteiger partial charge in [0.05, 0.1) is 22.7 Å². The molecule has 0 saturated carbocycles. The van der Waals surface area contributed by atoms with Gasteiger partial charge in [-0.3, -0.25) is 13.9 Å². The van der Waals surface area contributed by atoms with E-state index in [9.17, 15) is 18.0 Å². The number of methoxy groups -OCH3 is 1. The molecule has 8 nitrogen and oxygen atoms in total. The second-order valence-electron chi connectivity index (χ2n) is 10.6. The fourth-order valence-electron chi connectivity index (χ4n) is 4.89. The lowest BCUT2D eigenvalue weighted by atomic mass is 10.0. The average molecular weight is 648 g/mol. The van der Waals surface area contributed by atoms with Crippen LogP contribution in [-0.2, 0) is 32.6 Å². The molecule has 4 rings (SSSR count). The first-order valence-corrected chi connectivity index (χ1v) is 16.5. The summed E-state index contributed by atoms with van der Waals surface area (Å²) in [5, 5.41) is 3.11. The Bertz CT molecular complexity index is 1700. The lowest BCUT2D eigenvalue weighted by Gasteiger charge is -2.34. The fraction of sp³-hybridized carbons (Fsp3) is 0.257. The van der Waals surface area contributed by atoms with Crippen molar-refractivity contribution in [1.82, 2.24) is 10.2 Å². The Balaban J connectivity index is 1.81. The number of sulfonamides is 1. The highest BCUT2D eigenvalue weighted by atomic mass is 35.5. The van der Waals surface area contributed by atoms with Crippen molar-refractivity contribution in [2.24, 2.45) is 0 Å². The van der Waals surface area contributed by atoms with E-state index in [2.05, 4.69) is 5.32 Å². The van der Waals surface area contributed by atoms with Gasteiger partial charge in [0.25, 0.3) is 10.0 Å². The predicted molar refractivity (Wildman–Crippen MR) is 178 cm³/mol. The summed E-state index contributed by atoms with van der Waals surface area (Å²) in [7, 11) is -2.69. The first kappa shape index (κ1) is 33.6. The van der Waals surface area contributed by atoms with Crippen molar-refractivity contribution in [3.05, 3.63) is 125 Å². The number of carbonyl (C=O) groups is 2. The Morgan fingerprint density at radius 1 is 0.889 bits per heavy atom. The maximum atomic E-state index is 14.5. The minimum absolute atomic E-state index is 0.0155. The smallest absolute Gasteiger partial charge is 0.264 e. The number of hydrogen-bond acceptors (Lipinski definition) is 5. The first-order valence-electron chi connectivity index (χ1n) is 14.7. The summed E-state index contributed by atoms with van der Waals surface area (Å²) in [6.45, 7) is 3.69. The number of nitrogens with zero attached hydrogens (tertiary/aromatic N) is 2. The third-order valence-corrected chi connectivity index (χ3v) is 9.41. The van der Waals surface area contributed by atoms with Crippen molar-refractivity contribution in [1.29, 1.82) is 0 Å². The zero-order valence-electron chi connectivity index (χ0n) is 25.6. The van der Waals surface area contributed by atoms with Crippen molar-refractivity contribution in [2.75, 3.05) is 24.5 Å². The molecular weight excluding hydrogens is 610 g/mol. The van der Waals surface area contributed by atoms with Crippen LogP contribution in [0, 0.1) is 6.92 Å². The third kappa shape index (κ3) is 8.65. The molecule has 0 fully saturated rings. The number of para-hydroxylation sites is 1. The number of aryl methyl sites for hydroxylation is 1. The van der Waals surface area contributed by atoms with Gasteiger partial charge in [-0.05, 0) is 60.9 Å². The molecule has 0 spiro atoms. The first-order chi connectivity index (χ1) is 21.6. The summed E-state index contributed by atoms with van der Waals surface area (Å²) in [6, 6.07) is 28.6. The van der Waals surface area contributed by atoms with Gasteiger partial charge in [0.15, 0.2) is 0 Å². The Labute approximate surface area is 270 Å². The summed E-state index contributed by atoms with van der Waals surface area (Å²) in [5.41, 5.74) is 2.62. The number of anilines is 1. The minimum Gasteiger partial charge on any atom is -0.497 e. The molecule has 0 bridgehead atoms. The highest BCUT2D eigenvalue weighted by Crippen LogP contribution is 2.31. The molecule has 0 aliphatic rings. The summed E-state index contributed by atoms with van der Waals surface area (Å²) in [4.78, 5) is 29.7. The molecule has 0 saturated heterocycles. The molecule has 0 aromatic heterocycles. The quantitative estimate of drug-likeness (QED) is 0.181. The van der Waals surface area contributed by atoms with Gasteiger partial charge in [-0.15, -0.1) is 0 Å². The number of rotatable bonds is 14. The van der Waals surface area contributed by atoms with Crippen LogP contribution >= 0.6 is 11.6 Å². The molecule has 4 aromatic rings. The van der Waals surface area contributed by atoms with Crippen LogP contribution in [0.1, 0.15) is 30.0 Å². The molecule has 0 heterocycles. The number of ether oxygens (including phenoxy) is 1. The largest absolute Gasteiger partial charge is 0.497 e. The third-order valence-electron chi connectivity index (χ3n) is 7.32. The van der Waals surface area contributed by atoms with Gasteiger partial charge in [0.1, 0.15) is 18.3 Å². The van der Waals surface area contributed by atoms with Crippen LogP contribution in [0.3, 0.4) is 0 Å². The average Bonchev–Trinajstić information content (AvgIpc) is 3.05. The van der Waals surface area contributed by atoms with Crippen molar-refractivity contribution in [2.45, 2.75) is 44.2 Å². The maximum absolute atomic E-state index is 14.5. The number of carbonyl (C=O) groups excluding carboxylic acids is 2. The van der Waals surface area contributed by atoms with Crippen molar-refractivity contribution in [3.63, 3.8) is 0 Å². The SMILES string of the molecule is CCCNC(=O)[C@@H](Cc1ccccc1)N(Cc1cccc(OC)c1)C(=O)CN(c1ccccc1Cl)S(=O)(=O)c1ccc(C)cc1. The van der Waals surface area contributed by atoms with Gasteiger partial charge in [0.2, 0.25) is 11.8 Å². The second-order valence-corrected chi connectivity index (χ2v) is 12.9. The molecule has 45 heavy (non-hydrogen) atoms. The minimum atomic E-state index is -4.24. The molecule has 4 aromatic carbocycles. The van der Waals surface area contributed by atoms with Crippen LogP contribution in [-0.4, -0.2) is 51.4 Å². The maximum Gasteiger partial charge on any atom is 0.264 e. The van der Waals surface area contributed by atoms with Crippen LogP contribution in [0.5, 0.6) is 5.75 Å². The van der Waals surface area contributed by atoms with Gasteiger partial charge in [-0.25, -0.2) is 8.42 Å². The zero-order chi connectivity index (χ0) is 32.4. The molecule has 0 aliphatic heterocycles. The van der Waals surface area contributed by atoms with E-state index >= 15 is 0 Å². The molecule has 0 unspecified atom stereocenters. The number of halogens is 1. The van der Waals surface area contributed by atoms with Gasteiger partial charge < -0.3 is 15.0 Å². The van der Waals surface area contributed by atoms with E-state index in [1.54, 1.807) is 61.7 Å². The summed E-state index contributed by atoms with van der Waals surface area (Å²) in [6.07, 6.45) is 0.936. The molecule has 236 valence electrons. The van der Waals surface area contributed by atoms with E-state index < -0.39 is 28.5 Å². The van der Waals surface area contributed by atoms with Crippen molar-refractivity contribution < 1.29 is 22.7 Å². The fourth-order valence-corrected chi connectivity index (χ4v) is 6.61. The normalized spacial score (nSPS) is 11.8. The Hall–Kier alpha value is -4.34. The lowest BCUT2D eigenvalue weighted by molar-refractivity contribution is -0.140. The van der Waals surface area contributed by atoms with E-state index in [4.69, 9.17) is 16.3 Å². The number of benzene rings is 4. The molecule has 0 aliphatic carbocycles. The lowest BCUT2D eigenvalue weighted by Crippen LogP contribution is -2.53. The second kappa shape index (κ2) is 15.6. The number of hydrogen-bond donors (Lipinski definition) is 1. The number of amides is 2. The van der Waals surface area contributed by atoms with Gasteiger partial charge in [-0.2, -0.15) is 0 Å².